The smallest absolute Gasteiger partial charge is 0.224 e. The lowest BCUT2D eigenvalue weighted by Gasteiger charge is -2.08. The van der Waals surface area contributed by atoms with Crippen molar-refractivity contribution in [3.05, 3.63) is 89.0 Å². The second-order valence-corrected chi connectivity index (χ2v) is 6.03. The van der Waals surface area contributed by atoms with Crippen LogP contribution in [-0.4, -0.2) is 10.9 Å². The fraction of sp³-hybridized carbons (Fsp3) is 0.100. The molecule has 1 amide bonds. The third-order valence-corrected chi connectivity index (χ3v) is 3.84. The van der Waals surface area contributed by atoms with Crippen molar-refractivity contribution >= 4 is 17.5 Å². The Hall–Kier alpha value is -2.92. The molecule has 0 radical (unpaired) electrons. The first kappa shape index (κ1) is 17.9. The van der Waals surface area contributed by atoms with E-state index in [4.69, 9.17) is 16.3 Å². The number of benzene rings is 2. The van der Waals surface area contributed by atoms with Crippen molar-refractivity contribution in [1.29, 1.82) is 0 Å². The zero-order valence-electron chi connectivity index (χ0n) is 13.8. The molecule has 0 aliphatic heterocycles. The third kappa shape index (κ3) is 5.29. The number of halogens is 2. The Bertz CT molecular complexity index is 866. The highest BCUT2D eigenvalue weighted by atomic mass is 35.5. The molecule has 6 heteroatoms. The minimum absolute atomic E-state index is 0.0965. The van der Waals surface area contributed by atoms with Gasteiger partial charge in [-0.1, -0.05) is 29.8 Å². The summed E-state index contributed by atoms with van der Waals surface area (Å²) in [6.45, 7) is 0.413. The van der Waals surface area contributed by atoms with Crippen molar-refractivity contribution in [2.75, 3.05) is 0 Å². The first-order chi connectivity index (χ1) is 12.6. The summed E-state index contributed by atoms with van der Waals surface area (Å²) in [5.41, 5.74) is 1.74. The van der Waals surface area contributed by atoms with Gasteiger partial charge < -0.3 is 10.1 Å². The van der Waals surface area contributed by atoms with Gasteiger partial charge in [-0.15, -0.1) is 0 Å². The molecule has 3 rings (SSSR count). The molecule has 26 heavy (non-hydrogen) atoms. The Morgan fingerprint density at radius 1 is 0.962 bits per heavy atom. The standard InChI is InChI=1S/C20H16ClFN2O2/c21-19-10-3-15(13-23-19)11-20(25)24-12-14-1-6-17(7-2-14)26-18-8-4-16(22)5-9-18/h1-10,13H,11-12H2,(H,24,25). The monoisotopic (exact) mass is 370 g/mol. The van der Waals surface area contributed by atoms with Gasteiger partial charge in [0, 0.05) is 12.7 Å². The van der Waals surface area contributed by atoms with Crippen LogP contribution in [0.25, 0.3) is 0 Å². The fourth-order valence-electron chi connectivity index (χ4n) is 2.27. The summed E-state index contributed by atoms with van der Waals surface area (Å²) in [5, 5.41) is 3.26. The minimum atomic E-state index is -0.308. The molecule has 2 aromatic carbocycles. The summed E-state index contributed by atoms with van der Waals surface area (Å²) < 4.78 is 18.5. The van der Waals surface area contributed by atoms with Gasteiger partial charge in [-0.3, -0.25) is 4.79 Å². The predicted molar refractivity (Wildman–Crippen MR) is 97.7 cm³/mol. The first-order valence-electron chi connectivity index (χ1n) is 7.98. The number of nitrogens with zero attached hydrogens (tertiary/aromatic N) is 1. The van der Waals surface area contributed by atoms with E-state index in [1.807, 2.05) is 12.1 Å². The van der Waals surface area contributed by atoms with E-state index < -0.39 is 0 Å². The molecule has 0 spiro atoms. The molecule has 0 fully saturated rings. The maximum Gasteiger partial charge on any atom is 0.224 e. The zero-order chi connectivity index (χ0) is 18.4. The third-order valence-electron chi connectivity index (χ3n) is 3.62. The molecule has 0 aliphatic carbocycles. The molecular weight excluding hydrogens is 355 g/mol. The number of nitrogens with one attached hydrogen (secondary N) is 1. The Morgan fingerprint density at radius 2 is 1.58 bits per heavy atom. The van der Waals surface area contributed by atoms with E-state index in [2.05, 4.69) is 10.3 Å². The number of amides is 1. The van der Waals surface area contributed by atoms with Gasteiger partial charge in [0.25, 0.3) is 0 Å². The van der Waals surface area contributed by atoms with Crippen molar-refractivity contribution in [2.45, 2.75) is 13.0 Å². The van der Waals surface area contributed by atoms with Gasteiger partial charge in [0.15, 0.2) is 0 Å². The molecular formula is C20H16ClFN2O2. The van der Waals surface area contributed by atoms with Crippen molar-refractivity contribution in [3.8, 4) is 11.5 Å². The van der Waals surface area contributed by atoms with Crippen molar-refractivity contribution in [3.63, 3.8) is 0 Å². The summed E-state index contributed by atoms with van der Waals surface area (Å²) >= 11 is 5.72. The zero-order valence-corrected chi connectivity index (χ0v) is 14.5. The largest absolute Gasteiger partial charge is 0.457 e. The highest BCUT2D eigenvalue weighted by Crippen LogP contribution is 2.21. The highest BCUT2D eigenvalue weighted by Gasteiger charge is 2.05. The van der Waals surface area contributed by atoms with Crippen LogP contribution in [-0.2, 0) is 17.8 Å². The highest BCUT2D eigenvalue weighted by molar-refractivity contribution is 6.29. The maximum absolute atomic E-state index is 12.9. The maximum atomic E-state index is 12.9. The van der Waals surface area contributed by atoms with E-state index in [1.165, 1.54) is 12.1 Å². The number of pyridine rings is 1. The number of hydrogen-bond donors (Lipinski definition) is 1. The molecule has 1 heterocycles. The summed E-state index contributed by atoms with van der Waals surface area (Å²) in [4.78, 5) is 15.9. The second kappa shape index (κ2) is 8.45. The van der Waals surface area contributed by atoms with Crippen LogP contribution in [0.5, 0.6) is 11.5 Å². The Morgan fingerprint density at radius 3 is 2.19 bits per heavy atom. The van der Waals surface area contributed by atoms with Gasteiger partial charge >= 0.3 is 0 Å². The van der Waals surface area contributed by atoms with Gasteiger partial charge in [0.05, 0.1) is 6.42 Å². The van der Waals surface area contributed by atoms with E-state index in [0.29, 0.717) is 23.2 Å². The van der Waals surface area contributed by atoms with Crippen molar-refractivity contribution < 1.29 is 13.9 Å². The predicted octanol–water partition coefficient (Wildman–Crippen LogP) is 4.53. The summed E-state index contributed by atoms with van der Waals surface area (Å²) in [6, 6.07) is 16.6. The number of hydrogen-bond acceptors (Lipinski definition) is 3. The van der Waals surface area contributed by atoms with Crippen molar-refractivity contribution in [1.82, 2.24) is 10.3 Å². The van der Waals surface area contributed by atoms with Gasteiger partial charge in [0.1, 0.15) is 22.5 Å². The quantitative estimate of drug-likeness (QED) is 0.649. The van der Waals surface area contributed by atoms with Gasteiger partial charge in [-0.05, 0) is 53.6 Å². The van der Waals surface area contributed by atoms with E-state index >= 15 is 0 Å². The number of ether oxygens (including phenoxy) is 1. The Kier molecular flexibility index (Phi) is 5.81. The molecule has 0 bridgehead atoms. The molecule has 132 valence electrons. The number of rotatable bonds is 6. The number of aromatic nitrogens is 1. The molecule has 0 atom stereocenters. The molecule has 0 unspecified atom stereocenters. The Labute approximate surface area is 155 Å². The second-order valence-electron chi connectivity index (χ2n) is 5.64. The first-order valence-corrected chi connectivity index (χ1v) is 8.36. The molecule has 0 saturated carbocycles. The molecule has 1 N–H and O–H groups in total. The molecule has 0 saturated heterocycles. The lowest BCUT2D eigenvalue weighted by Crippen LogP contribution is -2.24. The van der Waals surface area contributed by atoms with Crippen LogP contribution in [0.2, 0.25) is 5.15 Å². The SMILES string of the molecule is O=C(Cc1ccc(Cl)nc1)NCc1ccc(Oc2ccc(F)cc2)cc1. The molecule has 0 aliphatic rings. The van der Waals surface area contributed by atoms with Crippen LogP contribution >= 0.6 is 11.6 Å². The van der Waals surface area contributed by atoms with Crippen LogP contribution in [0, 0.1) is 5.82 Å². The lowest BCUT2D eigenvalue weighted by atomic mass is 10.2. The van der Waals surface area contributed by atoms with Crippen molar-refractivity contribution in [2.24, 2.45) is 0 Å². The normalized spacial score (nSPS) is 10.4. The summed E-state index contributed by atoms with van der Waals surface area (Å²) in [6.07, 6.45) is 1.83. The average molecular weight is 371 g/mol. The van der Waals surface area contributed by atoms with Gasteiger partial charge in [-0.25, -0.2) is 9.37 Å². The number of carbonyl (C=O) groups is 1. The van der Waals surface area contributed by atoms with Crippen LogP contribution in [0.15, 0.2) is 66.9 Å². The van der Waals surface area contributed by atoms with Gasteiger partial charge in [0.2, 0.25) is 5.91 Å². The molecule has 1 aromatic heterocycles. The molecule has 4 nitrogen and oxygen atoms in total. The van der Waals surface area contributed by atoms with Crippen LogP contribution in [0.3, 0.4) is 0 Å². The topological polar surface area (TPSA) is 51.2 Å². The van der Waals surface area contributed by atoms with Crippen LogP contribution in [0.1, 0.15) is 11.1 Å². The van der Waals surface area contributed by atoms with Crippen LogP contribution in [0.4, 0.5) is 4.39 Å². The minimum Gasteiger partial charge on any atom is -0.457 e. The summed E-state index contributed by atoms with van der Waals surface area (Å²) in [7, 11) is 0. The fourth-order valence-corrected chi connectivity index (χ4v) is 2.39. The summed E-state index contributed by atoms with van der Waals surface area (Å²) in [5.74, 6) is 0.793. The van der Waals surface area contributed by atoms with E-state index in [9.17, 15) is 9.18 Å². The van der Waals surface area contributed by atoms with Gasteiger partial charge in [-0.2, -0.15) is 0 Å². The average Bonchev–Trinajstić information content (AvgIpc) is 2.65. The lowest BCUT2D eigenvalue weighted by molar-refractivity contribution is -0.120. The number of carbonyl (C=O) groups excluding carboxylic acids is 1. The Balaban J connectivity index is 1.50. The van der Waals surface area contributed by atoms with E-state index in [0.717, 1.165) is 11.1 Å². The van der Waals surface area contributed by atoms with E-state index in [1.54, 1.807) is 42.6 Å². The van der Waals surface area contributed by atoms with Crippen LogP contribution < -0.4 is 10.1 Å². The molecule has 3 aromatic rings. The van der Waals surface area contributed by atoms with E-state index in [-0.39, 0.29) is 18.1 Å².